The number of carbonyl (C=O) groups excluding carboxylic acids is 1. The van der Waals surface area contributed by atoms with Crippen LogP contribution in [0, 0.1) is 6.92 Å². The van der Waals surface area contributed by atoms with Gasteiger partial charge in [-0.25, -0.2) is 8.78 Å². The van der Waals surface area contributed by atoms with Crippen LogP contribution in [-0.2, 0) is 16.0 Å². The molecule has 6 heteroatoms. The van der Waals surface area contributed by atoms with Crippen LogP contribution in [0.4, 0.5) is 8.78 Å². The van der Waals surface area contributed by atoms with E-state index >= 15 is 0 Å². The molecule has 1 heterocycles. The van der Waals surface area contributed by atoms with E-state index in [1.54, 1.807) is 13.8 Å². The summed E-state index contributed by atoms with van der Waals surface area (Å²) >= 11 is 0. The lowest BCUT2D eigenvalue weighted by Gasteiger charge is -2.14. The maximum Gasteiger partial charge on any atom is 0.310 e. The highest BCUT2D eigenvalue weighted by Gasteiger charge is 2.21. The van der Waals surface area contributed by atoms with Gasteiger partial charge in [-0.15, -0.1) is 0 Å². The molecule has 0 aromatic carbocycles. The van der Waals surface area contributed by atoms with Crippen molar-refractivity contribution in [2.24, 2.45) is 0 Å². The number of hydrogen-bond acceptors (Lipinski definition) is 4. The van der Waals surface area contributed by atoms with Gasteiger partial charge in [-0.1, -0.05) is 0 Å². The van der Waals surface area contributed by atoms with Crippen molar-refractivity contribution < 1.29 is 23.0 Å². The molecule has 0 amide bonds. The number of aromatic nitrogens is 1. The fourth-order valence-corrected chi connectivity index (χ4v) is 1.60. The molecule has 4 nitrogen and oxygen atoms in total. The van der Waals surface area contributed by atoms with E-state index in [-0.39, 0.29) is 24.3 Å². The van der Waals surface area contributed by atoms with E-state index in [0.29, 0.717) is 11.3 Å². The first-order chi connectivity index (χ1) is 8.51. The number of rotatable bonds is 5. The van der Waals surface area contributed by atoms with E-state index in [9.17, 15) is 13.6 Å². The summed E-state index contributed by atoms with van der Waals surface area (Å²) in [5.74, 6) is -0.488. The zero-order chi connectivity index (χ0) is 13.7. The van der Waals surface area contributed by atoms with E-state index in [0.717, 1.165) is 6.20 Å². The molecule has 100 valence electrons. The quantitative estimate of drug-likeness (QED) is 0.762. The average molecular weight is 259 g/mol. The van der Waals surface area contributed by atoms with Crippen LogP contribution in [0.15, 0.2) is 6.20 Å². The number of carbonyl (C=O) groups is 1. The summed E-state index contributed by atoms with van der Waals surface area (Å²) in [6, 6.07) is 0. The van der Waals surface area contributed by atoms with Gasteiger partial charge in [-0.2, -0.15) is 0 Å². The Bertz CT molecular complexity index is 436. The summed E-state index contributed by atoms with van der Waals surface area (Å²) < 4.78 is 35.3. The molecule has 1 aromatic rings. The first kappa shape index (κ1) is 14.3. The van der Waals surface area contributed by atoms with E-state index in [4.69, 9.17) is 9.47 Å². The smallest absolute Gasteiger partial charge is 0.310 e. The minimum atomic E-state index is -2.70. The number of halogens is 2. The van der Waals surface area contributed by atoms with Crippen LogP contribution in [0.2, 0.25) is 0 Å². The van der Waals surface area contributed by atoms with Crippen LogP contribution in [0.1, 0.15) is 30.2 Å². The van der Waals surface area contributed by atoms with Gasteiger partial charge in [0.25, 0.3) is 6.43 Å². The Labute approximate surface area is 104 Å². The number of hydrogen-bond donors (Lipinski definition) is 0. The van der Waals surface area contributed by atoms with Gasteiger partial charge in [0, 0.05) is 17.5 Å². The molecule has 0 radical (unpaired) electrons. The number of nitrogens with zero attached hydrogens (tertiary/aromatic N) is 1. The molecular formula is C12H15F2NO3. The minimum absolute atomic E-state index is 0.00514. The fourth-order valence-electron chi connectivity index (χ4n) is 1.60. The predicted molar refractivity (Wildman–Crippen MR) is 60.8 cm³/mol. The van der Waals surface area contributed by atoms with Crippen LogP contribution >= 0.6 is 0 Å². The summed E-state index contributed by atoms with van der Waals surface area (Å²) in [5, 5.41) is 0. The zero-order valence-electron chi connectivity index (χ0n) is 10.5. The molecule has 0 spiro atoms. The number of esters is 1. The second-order valence-corrected chi connectivity index (χ2v) is 3.59. The molecule has 0 saturated heterocycles. The van der Waals surface area contributed by atoms with Crippen molar-refractivity contribution >= 4 is 5.97 Å². The Hall–Kier alpha value is -1.72. The van der Waals surface area contributed by atoms with Crippen LogP contribution in [0.25, 0.3) is 0 Å². The molecular weight excluding hydrogens is 244 g/mol. The lowest BCUT2D eigenvalue weighted by atomic mass is 10.1. The maximum atomic E-state index is 12.8. The molecule has 0 aliphatic carbocycles. The highest BCUT2D eigenvalue weighted by atomic mass is 19.3. The predicted octanol–water partition coefficient (Wildman–Crippen LogP) is 2.44. The minimum Gasteiger partial charge on any atom is -0.496 e. The molecule has 0 unspecified atom stereocenters. The standard InChI is InChI=1S/C12H15F2NO3/c1-4-18-10(16)5-8-7(2)15-6-9(12(13)14)11(8)17-3/h6,12H,4-5H2,1-3H3. The summed E-state index contributed by atoms with van der Waals surface area (Å²) in [5.41, 5.74) is 0.500. The van der Waals surface area contributed by atoms with E-state index in [2.05, 4.69) is 4.98 Å². The third-order valence-electron chi connectivity index (χ3n) is 2.44. The summed E-state index contributed by atoms with van der Waals surface area (Å²) in [4.78, 5) is 15.3. The van der Waals surface area contributed by atoms with Crippen molar-refractivity contribution in [2.45, 2.75) is 26.7 Å². The molecule has 0 fully saturated rings. The summed E-state index contributed by atoms with van der Waals surface area (Å²) in [6.45, 7) is 3.55. The van der Waals surface area contributed by atoms with E-state index in [1.165, 1.54) is 7.11 Å². The van der Waals surface area contributed by atoms with E-state index < -0.39 is 12.4 Å². The van der Waals surface area contributed by atoms with Gasteiger partial charge in [-0.05, 0) is 13.8 Å². The second-order valence-electron chi connectivity index (χ2n) is 3.59. The van der Waals surface area contributed by atoms with Crippen LogP contribution in [0.5, 0.6) is 5.75 Å². The normalized spacial score (nSPS) is 10.6. The zero-order valence-corrected chi connectivity index (χ0v) is 10.5. The van der Waals surface area contributed by atoms with Crippen LogP contribution < -0.4 is 4.74 Å². The fraction of sp³-hybridized carbons (Fsp3) is 0.500. The lowest BCUT2D eigenvalue weighted by molar-refractivity contribution is -0.142. The van der Waals surface area contributed by atoms with E-state index in [1.807, 2.05) is 0 Å². The first-order valence-corrected chi connectivity index (χ1v) is 5.47. The maximum absolute atomic E-state index is 12.8. The largest absolute Gasteiger partial charge is 0.496 e. The Kier molecular flexibility index (Phi) is 5.00. The van der Waals surface area contributed by atoms with Gasteiger partial charge in [-0.3, -0.25) is 9.78 Å². The number of pyridine rings is 1. The number of alkyl halides is 2. The van der Waals surface area contributed by atoms with Gasteiger partial charge >= 0.3 is 5.97 Å². The number of ether oxygens (including phenoxy) is 2. The average Bonchev–Trinajstić information content (AvgIpc) is 2.31. The molecule has 0 saturated carbocycles. The highest BCUT2D eigenvalue weighted by molar-refractivity contribution is 5.74. The summed E-state index contributed by atoms with van der Waals surface area (Å²) in [6.07, 6.45) is -1.77. The van der Waals surface area contributed by atoms with Crippen molar-refractivity contribution in [3.63, 3.8) is 0 Å². The first-order valence-electron chi connectivity index (χ1n) is 5.47. The highest BCUT2D eigenvalue weighted by Crippen LogP contribution is 2.33. The number of aryl methyl sites for hydroxylation is 1. The third-order valence-corrected chi connectivity index (χ3v) is 2.44. The Morgan fingerprint density at radius 2 is 2.17 bits per heavy atom. The SMILES string of the molecule is CCOC(=O)Cc1c(C)ncc(C(F)F)c1OC. The van der Waals surface area contributed by atoms with Crippen molar-refractivity contribution in [3.05, 3.63) is 23.0 Å². The van der Waals surface area contributed by atoms with Crippen LogP contribution in [0.3, 0.4) is 0 Å². The molecule has 1 aromatic heterocycles. The molecule has 0 aliphatic heterocycles. The Balaban J connectivity index is 3.15. The second kappa shape index (κ2) is 6.28. The molecule has 0 bridgehead atoms. The Morgan fingerprint density at radius 1 is 1.50 bits per heavy atom. The van der Waals surface area contributed by atoms with Crippen LogP contribution in [-0.4, -0.2) is 24.7 Å². The van der Waals surface area contributed by atoms with Gasteiger partial charge in [0.05, 0.1) is 25.7 Å². The summed E-state index contributed by atoms with van der Waals surface area (Å²) in [7, 11) is 1.29. The topological polar surface area (TPSA) is 48.4 Å². The van der Waals surface area contributed by atoms with Crippen molar-refractivity contribution in [3.8, 4) is 5.75 Å². The molecule has 0 aliphatic rings. The molecule has 0 atom stereocenters. The van der Waals surface area contributed by atoms with Gasteiger partial charge in [0.1, 0.15) is 5.75 Å². The Morgan fingerprint density at radius 3 is 2.67 bits per heavy atom. The van der Waals surface area contributed by atoms with Gasteiger partial charge in [0.2, 0.25) is 0 Å². The van der Waals surface area contributed by atoms with Gasteiger partial charge < -0.3 is 9.47 Å². The number of methoxy groups -OCH3 is 1. The molecule has 18 heavy (non-hydrogen) atoms. The third kappa shape index (κ3) is 3.15. The van der Waals surface area contributed by atoms with Crippen molar-refractivity contribution in [2.75, 3.05) is 13.7 Å². The monoisotopic (exact) mass is 259 g/mol. The van der Waals surface area contributed by atoms with Gasteiger partial charge in [0.15, 0.2) is 0 Å². The van der Waals surface area contributed by atoms with Crippen molar-refractivity contribution in [1.29, 1.82) is 0 Å². The lowest BCUT2D eigenvalue weighted by Crippen LogP contribution is -2.11. The van der Waals surface area contributed by atoms with Crippen molar-refractivity contribution in [1.82, 2.24) is 4.98 Å². The molecule has 0 N–H and O–H groups in total. The molecule has 1 rings (SSSR count).